The minimum Gasteiger partial charge on any atom is -0.479 e. The van der Waals surface area contributed by atoms with E-state index in [-0.39, 0.29) is 34.8 Å². The second kappa shape index (κ2) is 11.9. The molecule has 0 atom stereocenters. The second-order valence-electron chi connectivity index (χ2n) is 9.78. The summed E-state index contributed by atoms with van der Waals surface area (Å²) in [5.41, 5.74) is 2.21. The quantitative estimate of drug-likeness (QED) is 0.309. The van der Waals surface area contributed by atoms with E-state index in [4.69, 9.17) is 18.6 Å². The van der Waals surface area contributed by atoms with Gasteiger partial charge in [0, 0.05) is 18.6 Å². The Labute approximate surface area is 217 Å². The summed E-state index contributed by atoms with van der Waals surface area (Å²) in [4.78, 5) is 25.8. The molecule has 2 heterocycles. The van der Waals surface area contributed by atoms with Gasteiger partial charge in [0.2, 0.25) is 17.7 Å². The highest BCUT2D eigenvalue weighted by Gasteiger charge is 2.22. The maximum Gasteiger partial charge on any atom is 0.399 e. The van der Waals surface area contributed by atoms with Crippen LogP contribution in [0.5, 0.6) is 23.6 Å². The Morgan fingerprint density at radius 2 is 1.73 bits per heavy atom. The molecule has 11 nitrogen and oxygen atoms in total. The van der Waals surface area contributed by atoms with E-state index >= 15 is 0 Å². The molecule has 0 unspecified atom stereocenters. The Kier molecular flexibility index (Phi) is 8.93. The fourth-order valence-electron chi connectivity index (χ4n) is 3.28. The van der Waals surface area contributed by atoms with Crippen molar-refractivity contribution in [2.75, 3.05) is 37.9 Å². The van der Waals surface area contributed by atoms with Gasteiger partial charge in [0.15, 0.2) is 11.4 Å². The normalized spacial score (nSPS) is 11.4. The summed E-state index contributed by atoms with van der Waals surface area (Å²) in [5.74, 6) is 0.945. The van der Waals surface area contributed by atoms with Crippen molar-refractivity contribution in [2.24, 2.45) is 0 Å². The maximum absolute atomic E-state index is 12.9. The van der Waals surface area contributed by atoms with Gasteiger partial charge in [-0.3, -0.25) is 4.79 Å². The summed E-state index contributed by atoms with van der Waals surface area (Å²) >= 11 is 0. The van der Waals surface area contributed by atoms with E-state index in [1.807, 2.05) is 25.1 Å². The molecule has 11 heteroatoms. The summed E-state index contributed by atoms with van der Waals surface area (Å²) < 4.78 is 22.0. The minimum absolute atomic E-state index is 0.00493. The van der Waals surface area contributed by atoms with Crippen molar-refractivity contribution >= 4 is 17.5 Å². The van der Waals surface area contributed by atoms with Gasteiger partial charge in [0.05, 0.1) is 14.2 Å². The van der Waals surface area contributed by atoms with E-state index in [1.165, 1.54) is 20.5 Å². The molecule has 0 fully saturated rings. The lowest BCUT2D eigenvalue weighted by molar-refractivity contribution is 0.102. The van der Waals surface area contributed by atoms with Crippen molar-refractivity contribution in [3.63, 3.8) is 0 Å². The van der Waals surface area contributed by atoms with Crippen molar-refractivity contribution in [1.29, 1.82) is 0 Å². The van der Waals surface area contributed by atoms with Gasteiger partial charge in [-0.05, 0) is 50.8 Å². The standard InChI is InChI=1S/C26H36N6O5/c1-15(2)17-10-9-16(3)19(13-17)37-25-29-18(14-36-25)21(33)30-20-22(34-7)31-24(32-23(20)35-8)27-11-12-28-26(4,5)6/h9-10,13-15,28H,11-12H2,1-8H3,(H,30,33)(H,27,31,32). The number of nitrogens with one attached hydrogen (secondary N) is 3. The largest absolute Gasteiger partial charge is 0.479 e. The maximum atomic E-state index is 12.9. The zero-order valence-electron chi connectivity index (χ0n) is 22.7. The van der Waals surface area contributed by atoms with Crippen LogP contribution in [0.2, 0.25) is 0 Å². The highest BCUT2D eigenvalue weighted by molar-refractivity contribution is 6.04. The van der Waals surface area contributed by atoms with Crippen LogP contribution in [-0.4, -0.2) is 53.7 Å². The van der Waals surface area contributed by atoms with Crippen LogP contribution in [0.15, 0.2) is 28.9 Å². The molecule has 2 aromatic heterocycles. The molecule has 0 bridgehead atoms. The summed E-state index contributed by atoms with van der Waals surface area (Å²) in [6.07, 6.45) is 1.16. The molecule has 0 aliphatic heterocycles. The molecule has 0 saturated carbocycles. The predicted molar refractivity (Wildman–Crippen MR) is 141 cm³/mol. The SMILES string of the molecule is COc1nc(NCCNC(C)(C)C)nc(OC)c1NC(=O)c1coc(Oc2cc(C(C)C)ccc2C)n1. The number of nitrogens with zero attached hydrogens (tertiary/aromatic N) is 3. The summed E-state index contributed by atoms with van der Waals surface area (Å²) in [5, 5.41) is 9.18. The third-order valence-electron chi connectivity index (χ3n) is 5.32. The van der Waals surface area contributed by atoms with E-state index in [1.54, 1.807) is 0 Å². The molecule has 37 heavy (non-hydrogen) atoms. The van der Waals surface area contributed by atoms with Crippen molar-refractivity contribution in [3.8, 4) is 23.6 Å². The lowest BCUT2D eigenvalue weighted by Crippen LogP contribution is -2.38. The lowest BCUT2D eigenvalue weighted by Gasteiger charge is -2.20. The van der Waals surface area contributed by atoms with Crippen molar-refractivity contribution in [1.82, 2.24) is 20.3 Å². The first-order valence-corrected chi connectivity index (χ1v) is 12.0. The summed E-state index contributed by atoms with van der Waals surface area (Å²) in [6, 6.07) is 5.96. The molecule has 0 spiro atoms. The number of hydrogen-bond acceptors (Lipinski definition) is 10. The first kappa shape index (κ1) is 27.7. The first-order chi connectivity index (χ1) is 17.5. The van der Waals surface area contributed by atoms with Gasteiger partial charge < -0.3 is 34.6 Å². The number of aromatic nitrogens is 3. The fraction of sp³-hybridized carbons (Fsp3) is 0.462. The highest BCUT2D eigenvalue weighted by atomic mass is 16.6. The van der Waals surface area contributed by atoms with Crippen LogP contribution in [0, 0.1) is 6.92 Å². The first-order valence-electron chi connectivity index (χ1n) is 12.0. The van der Waals surface area contributed by atoms with Crippen LogP contribution in [0.1, 0.15) is 62.2 Å². The Bertz CT molecular complexity index is 1190. The van der Waals surface area contributed by atoms with Gasteiger partial charge in [-0.1, -0.05) is 26.0 Å². The number of benzene rings is 1. The molecular weight excluding hydrogens is 476 g/mol. The molecule has 0 radical (unpaired) electrons. The number of methoxy groups -OCH3 is 2. The van der Waals surface area contributed by atoms with Gasteiger partial charge in [-0.2, -0.15) is 15.0 Å². The number of oxazole rings is 1. The zero-order chi connectivity index (χ0) is 27.2. The van der Waals surface area contributed by atoms with Crippen LogP contribution in [-0.2, 0) is 0 Å². The van der Waals surface area contributed by atoms with E-state index in [9.17, 15) is 4.79 Å². The van der Waals surface area contributed by atoms with Crippen molar-refractivity contribution in [2.45, 2.75) is 53.0 Å². The average molecular weight is 513 g/mol. The van der Waals surface area contributed by atoms with Gasteiger partial charge >= 0.3 is 6.08 Å². The third-order valence-corrected chi connectivity index (χ3v) is 5.32. The number of hydrogen-bond donors (Lipinski definition) is 3. The van der Waals surface area contributed by atoms with Gasteiger partial charge in [0.1, 0.15) is 12.0 Å². The number of amides is 1. The zero-order valence-corrected chi connectivity index (χ0v) is 22.7. The van der Waals surface area contributed by atoms with Gasteiger partial charge in [-0.15, -0.1) is 0 Å². The molecule has 0 saturated heterocycles. The predicted octanol–water partition coefficient (Wildman–Crippen LogP) is 4.76. The van der Waals surface area contributed by atoms with Crippen molar-refractivity contribution < 1.29 is 23.4 Å². The molecule has 0 aliphatic carbocycles. The summed E-state index contributed by atoms with van der Waals surface area (Å²) in [6.45, 7) is 13.7. The lowest BCUT2D eigenvalue weighted by atomic mass is 10.0. The molecular formula is C26H36N6O5. The fourth-order valence-corrected chi connectivity index (χ4v) is 3.28. The number of carbonyl (C=O) groups excluding carboxylic acids is 1. The topological polar surface area (TPSA) is 133 Å². The van der Waals surface area contributed by atoms with E-state index < -0.39 is 5.91 Å². The van der Waals surface area contributed by atoms with E-state index in [2.05, 4.69) is 65.5 Å². The van der Waals surface area contributed by atoms with E-state index in [0.717, 1.165) is 11.1 Å². The minimum atomic E-state index is -0.568. The number of aryl methyl sites for hydroxylation is 1. The molecule has 3 rings (SSSR count). The Hall–Kier alpha value is -3.86. The van der Waals surface area contributed by atoms with Gasteiger partial charge in [-0.25, -0.2) is 0 Å². The van der Waals surface area contributed by atoms with Crippen LogP contribution in [0.25, 0.3) is 0 Å². The highest BCUT2D eigenvalue weighted by Crippen LogP contribution is 2.33. The molecule has 3 N–H and O–H groups in total. The van der Waals surface area contributed by atoms with Crippen molar-refractivity contribution in [3.05, 3.63) is 41.3 Å². The molecule has 1 aromatic carbocycles. The van der Waals surface area contributed by atoms with Crippen LogP contribution >= 0.6 is 0 Å². The number of carbonyl (C=O) groups is 1. The Morgan fingerprint density at radius 3 is 2.32 bits per heavy atom. The van der Waals surface area contributed by atoms with Crippen LogP contribution in [0.3, 0.4) is 0 Å². The molecule has 0 aliphatic rings. The van der Waals surface area contributed by atoms with Crippen LogP contribution in [0.4, 0.5) is 11.6 Å². The molecule has 1 amide bonds. The monoisotopic (exact) mass is 512 g/mol. The number of ether oxygens (including phenoxy) is 3. The third kappa shape index (κ3) is 7.56. The Morgan fingerprint density at radius 1 is 1.05 bits per heavy atom. The molecule has 200 valence electrons. The van der Waals surface area contributed by atoms with Crippen LogP contribution < -0.4 is 30.2 Å². The second-order valence-corrected chi connectivity index (χ2v) is 9.78. The summed E-state index contributed by atoms with van der Waals surface area (Å²) in [7, 11) is 2.88. The number of rotatable bonds is 11. The smallest absolute Gasteiger partial charge is 0.399 e. The van der Waals surface area contributed by atoms with Gasteiger partial charge in [0.25, 0.3) is 5.91 Å². The average Bonchev–Trinajstić information content (AvgIpc) is 3.31. The number of anilines is 2. The molecule has 3 aromatic rings. The Balaban J connectivity index is 1.72. The van der Waals surface area contributed by atoms with E-state index in [0.29, 0.717) is 30.7 Å².